The normalized spacial score (nSPS) is 13.5. The van der Waals surface area contributed by atoms with Gasteiger partial charge in [0.1, 0.15) is 6.04 Å². The van der Waals surface area contributed by atoms with Crippen LogP contribution in [-0.4, -0.2) is 38.1 Å². The van der Waals surface area contributed by atoms with E-state index in [4.69, 9.17) is 0 Å². The summed E-state index contributed by atoms with van der Waals surface area (Å²) in [4.78, 5) is 35.5. The third-order valence-electron chi connectivity index (χ3n) is 3.50. The van der Waals surface area contributed by atoms with Gasteiger partial charge < -0.3 is 14.8 Å². The van der Waals surface area contributed by atoms with E-state index < -0.39 is 47.1 Å². The average Bonchev–Trinajstić information content (AvgIpc) is 2.57. The van der Waals surface area contributed by atoms with Crippen LogP contribution < -0.4 is 5.32 Å². The van der Waals surface area contributed by atoms with Crippen LogP contribution in [0.5, 0.6) is 0 Å². The quantitative estimate of drug-likeness (QED) is 0.786. The van der Waals surface area contributed by atoms with Gasteiger partial charge in [-0.25, -0.2) is 4.79 Å². The number of ether oxygens (including phenoxy) is 2. The lowest BCUT2D eigenvalue weighted by molar-refractivity contribution is -0.146. The number of rotatable bonds is 6. The molecule has 1 N–H and O–H groups in total. The van der Waals surface area contributed by atoms with E-state index in [2.05, 4.69) is 14.8 Å². The third kappa shape index (κ3) is 5.47. The van der Waals surface area contributed by atoms with E-state index in [1.165, 1.54) is 13.0 Å². The number of nitrogens with one attached hydrogen (secondary N) is 1. The highest BCUT2D eigenvalue weighted by Crippen LogP contribution is 2.31. The summed E-state index contributed by atoms with van der Waals surface area (Å²) in [7, 11) is 2.22. The Labute approximate surface area is 142 Å². The smallest absolute Gasteiger partial charge is 0.417 e. The number of hydrogen-bond donors (Lipinski definition) is 1. The maximum atomic E-state index is 13.0. The van der Waals surface area contributed by atoms with Gasteiger partial charge in [-0.1, -0.05) is 19.1 Å². The second-order valence-electron chi connectivity index (χ2n) is 5.28. The molecule has 6 nitrogen and oxygen atoms in total. The minimum Gasteiger partial charge on any atom is -0.469 e. The molecule has 1 aromatic carbocycles. The lowest BCUT2D eigenvalue weighted by Crippen LogP contribution is -2.46. The van der Waals surface area contributed by atoms with Crippen molar-refractivity contribution in [1.82, 2.24) is 5.32 Å². The summed E-state index contributed by atoms with van der Waals surface area (Å²) in [5, 5.41) is 2.20. The van der Waals surface area contributed by atoms with Crippen molar-refractivity contribution in [3.8, 4) is 0 Å². The average molecular weight is 361 g/mol. The van der Waals surface area contributed by atoms with Gasteiger partial charge in [0.05, 0.1) is 31.8 Å². The summed E-state index contributed by atoms with van der Waals surface area (Å²) >= 11 is 0. The number of carbonyl (C=O) groups excluding carboxylic acids is 3. The van der Waals surface area contributed by atoms with Gasteiger partial charge in [0, 0.05) is 0 Å². The fraction of sp³-hybridized carbons (Fsp3) is 0.438. The Morgan fingerprint density at radius 1 is 1.12 bits per heavy atom. The van der Waals surface area contributed by atoms with Crippen LogP contribution in [0.3, 0.4) is 0 Å². The first-order chi connectivity index (χ1) is 11.6. The van der Waals surface area contributed by atoms with E-state index in [0.717, 1.165) is 32.4 Å². The molecule has 0 saturated heterocycles. The highest BCUT2D eigenvalue weighted by Gasteiger charge is 2.36. The van der Waals surface area contributed by atoms with E-state index in [-0.39, 0.29) is 6.42 Å². The maximum absolute atomic E-state index is 13.0. The number of benzene rings is 1. The number of hydrogen-bond acceptors (Lipinski definition) is 5. The molecule has 0 aromatic heterocycles. The summed E-state index contributed by atoms with van der Waals surface area (Å²) in [6.45, 7) is 1.47. The van der Waals surface area contributed by atoms with Crippen molar-refractivity contribution in [2.24, 2.45) is 5.92 Å². The van der Waals surface area contributed by atoms with E-state index in [1.807, 2.05) is 0 Å². The zero-order chi connectivity index (χ0) is 19.2. The van der Waals surface area contributed by atoms with Crippen molar-refractivity contribution in [3.05, 3.63) is 35.4 Å². The number of halogens is 3. The van der Waals surface area contributed by atoms with Crippen LogP contribution in [0.1, 0.15) is 29.3 Å². The number of alkyl halides is 3. The van der Waals surface area contributed by atoms with Crippen molar-refractivity contribution in [2.45, 2.75) is 25.6 Å². The first kappa shape index (κ1) is 20.5. The first-order valence-electron chi connectivity index (χ1n) is 7.23. The summed E-state index contributed by atoms with van der Waals surface area (Å²) in [5.74, 6) is -3.36. The van der Waals surface area contributed by atoms with Gasteiger partial charge >= 0.3 is 18.1 Å². The SMILES string of the molecule is COC(=O)C[C@@H](C)[C@H](NC(=O)c1ccccc1C(F)(F)F)C(=O)OC. The Morgan fingerprint density at radius 2 is 1.72 bits per heavy atom. The first-order valence-corrected chi connectivity index (χ1v) is 7.23. The highest BCUT2D eigenvalue weighted by molar-refractivity contribution is 5.98. The van der Waals surface area contributed by atoms with Crippen molar-refractivity contribution in [1.29, 1.82) is 0 Å². The molecule has 0 radical (unpaired) electrons. The Kier molecular flexibility index (Phi) is 6.96. The Hall–Kier alpha value is -2.58. The van der Waals surface area contributed by atoms with E-state index >= 15 is 0 Å². The maximum Gasteiger partial charge on any atom is 0.417 e. The molecule has 0 unspecified atom stereocenters. The molecule has 0 fully saturated rings. The molecule has 0 aliphatic carbocycles. The number of amides is 1. The molecule has 2 atom stereocenters. The van der Waals surface area contributed by atoms with Crippen LogP contribution in [0.4, 0.5) is 13.2 Å². The van der Waals surface area contributed by atoms with Crippen LogP contribution in [0, 0.1) is 5.92 Å². The number of esters is 2. The van der Waals surface area contributed by atoms with E-state index in [1.54, 1.807) is 0 Å². The molecule has 1 amide bonds. The van der Waals surface area contributed by atoms with E-state index in [0.29, 0.717) is 0 Å². The third-order valence-corrected chi connectivity index (χ3v) is 3.50. The molecule has 0 heterocycles. The van der Waals surface area contributed by atoms with Gasteiger partial charge in [0.25, 0.3) is 5.91 Å². The van der Waals surface area contributed by atoms with Gasteiger partial charge in [-0.15, -0.1) is 0 Å². The fourth-order valence-corrected chi connectivity index (χ4v) is 2.17. The predicted octanol–water partition coefficient (Wildman–Crippen LogP) is 2.18. The topological polar surface area (TPSA) is 81.7 Å². The molecule has 0 spiro atoms. The van der Waals surface area contributed by atoms with Crippen molar-refractivity contribution in [2.75, 3.05) is 14.2 Å². The summed E-state index contributed by atoms with van der Waals surface area (Å²) < 4.78 is 48.1. The van der Waals surface area contributed by atoms with Gasteiger partial charge in [0.15, 0.2) is 0 Å². The molecular formula is C16H18F3NO5. The Morgan fingerprint density at radius 3 is 2.24 bits per heavy atom. The molecule has 0 bridgehead atoms. The predicted molar refractivity (Wildman–Crippen MR) is 80.5 cm³/mol. The van der Waals surface area contributed by atoms with Crippen LogP contribution in [0.25, 0.3) is 0 Å². The van der Waals surface area contributed by atoms with Crippen LogP contribution in [0.15, 0.2) is 24.3 Å². The van der Waals surface area contributed by atoms with Gasteiger partial charge in [-0.05, 0) is 18.1 Å². The monoisotopic (exact) mass is 361 g/mol. The summed E-state index contributed by atoms with van der Waals surface area (Å²) in [6, 6.07) is 2.88. The fourth-order valence-electron chi connectivity index (χ4n) is 2.17. The minimum absolute atomic E-state index is 0.225. The highest BCUT2D eigenvalue weighted by atomic mass is 19.4. The van der Waals surface area contributed by atoms with Gasteiger partial charge in [0.2, 0.25) is 0 Å². The summed E-state index contributed by atoms with van der Waals surface area (Å²) in [6.07, 6.45) is -4.95. The second-order valence-corrected chi connectivity index (χ2v) is 5.28. The lowest BCUT2D eigenvalue weighted by atomic mass is 9.97. The molecule has 138 valence electrons. The molecule has 9 heteroatoms. The zero-order valence-electron chi connectivity index (χ0n) is 13.8. The van der Waals surface area contributed by atoms with Crippen molar-refractivity contribution >= 4 is 17.8 Å². The van der Waals surface area contributed by atoms with Crippen LogP contribution in [-0.2, 0) is 25.2 Å². The van der Waals surface area contributed by atoms with Crippen molar-refractivity contribution in [3.63, 3.8) is 0 Å². The number of carbonyl (C=O) groups is 3. The molecule has 25 heavy (non-hydrogen) atoms. The molecule has 1 aromatic rings. The van der Waals surface area contributed by atoms with Crippen molar-refractivity contribution < 1.29 is 37.0 Å². The second kappa shape index (κ2) is 8.50. The zero-order valence-corrected chi connectivity index (χ0v) is 13.8. The molecule has 1 rings (SSSR count). The van der Waals surface area contributed by atoms with Gasteiger partial charge in [-0.2, -0.15) is 13.2 Å². The lowest BCUT2D eigenvalue weighted by Gasteiger charge is -2.23. The van der Waals surface area contributed by atoms with Crippen LogP contribution >= 0.6 is 0 Å². The number of methoxy groups -OCH3 is 2. The standard InChI is InChI=1S/C16H18F3NO5/c1-9(8-12(21)24-2)13(15(23)25-3)20-14(22)10-6-4-5-7-11(10)16(17,18)19/h4-7,9,13H,8H2,1-3H3,(H,20,22)/t9-,13+/m1/s1. The van der Waals surface area contributed by atoms with Gasteiger partial charge in [-0.3, -0.25) is 9.59 Å². The molecule has 0 aliphatic heterocycles. The molecular weight excluding hydrogens is 343 g/mol. The Bertz CT molecular complexity index is 645. The molecule has 0 saturated carbocycles. The Balaban J connectivity index is 3.08. The molecule has 0 aliphatic rings. The largest absolute Gasteiger partial charge is 0.469 e. The minimum atomic E-state index is -4.73. The van der Waals surface area contributed by atoms with Crippen LogP contribution in [0.2, 0.25) is 0 Å². The summed E-state index contributed by atoms with van der Waals surface area (Å²) in [5.41, 5.74) is -1.76. The van der Waals surface area contributed by atoms with E-state index in [9.17, 15) is 27.6 Å².